The van der Waals surface area contributed by atoms with Crippen molar-refractivity contribution in [3.63, 3.8) is 0 Å². The highest BCUT2D eigenvalue weighted by Crippen LogP contribution is 2.37. The summed E-state index contributed by atoms with van der Waals surface area (Å²) < 4.78 is 11.1. The Balaban J connectivity index is 2.22. The second kappa shape index (κ2) is 6.84. The third-order valence-electron chi connectivity index (χ3n) is 2.93. The Bertz CT molecular complexity index is 486. The lowest BCUT2D eigenvalue weighted by atomic mass is 10.2. The van der Waals surface area contributed by atoms with Crippen LogP contribution in [0.25, 0.3) is 0 Å². The first-order chi connectivity index (χ1) is 9.65. The normalized spacial score (nSPS) is 13.9. The monoisotopic (exact) mass is 297 g/mol. The van der Waals surface area contributed by atoms with E-state index in [4.69, 9.17) is 21.1 Å². The third kappa shape index (κ3) is 3.79. The number of amides is 1. The minimum absolute atomic E-state index is 0.114. The highest BCUT2D eigenvalue weighted by Gasteiger charge is 2.25. The fraction of sp³-hybridized carbons (Fsp3) is 0.533. The molecule has 110 valence electrons. The Morgan fingerprint density at radius 2 is 2.10 bits per heavy atom. The van der Waals surface area contributed by atoms with E-state index in [-0.39, 0.29) is 5.91 Å². The van der Waals surface area contributed by atoms with Crippen molar-refractivity contribution < 1.29 is 14.3 Å². The maximum Gasteiger partial charge on any atom is 0.251 e. The van der Waals surface area contributed by atoms with Crippen molar-refractivity contribution in [3.05, 3.63) is 22.7 Å². The van der Waals surface area contributed by atoms with Crippen LogP contribution < -0.4 is 14.8 Å². The van der Waals surface area contributed by atoms with Gasteiger partial charge in [-0.05, 0) is 38.3 Å². The van der Waals surface area contributed by atoms with Crippen LogP contribution in [0.4, 0.5) is 0 Å². The topological polar surface area (TPSA) is 47.6 Å². The first kappa shape index (κ1) is 15.0. The summed E-state index contributed by atoms with van der Waals surface area (Å²) in [5, 5.41) is 3.34. The van der Waals surface area contributed by atoms with Crippen LogP contribution in [0.2, 0.25) is 5.02 Å². The number of benzene rings is 1. The lowest BCUT2D eigenvalue weighted by Crippen LogP contribution is -2.25. The van der Waals surface area contributed by atoms with Crippen LogP contribution in [0, 0.1) is 0 Å². The molecule has 1 fully saturated rings. The van der Waals surface area contributed by atoms with Gasteiger partial charge in [-0.1, -0.05) is 18.5 Å². The highest BCUT2D eigenvalue weighted by molar-refractivity contribution is 6.32. The van der Waals surface area contributed by atoms with E-state index in [0.29, 0.717) is 41.3 Å². The molecule has 0 aliphatic heterocycles. The van der Waals surface area contributed by atoms with Crippen LogP contribution in [0.1, 0.15) is 43.5 Å². The average Bonchev–Trinajstić information content (AvgIpc) is 3.22. The summed E-state index contributed by atoms with van der Waals surface area (Å²) in [6.45, 7) is 4.96. The van der Waals surface area contributed by atoms with Gasteiger partial charge in [-0.3, -0.25) is 4.79 Å². The van der Waals surface area contributed by atoms with Crippen molar-refractivity contribution in [2.24, 2.45) is 0 Å². The molecule has 0 saturated heterocycles. The molecule has 0 heterocycles. The van der Waals surface area contributed by atoms with E-state index in [1.807, 2.05) is 13.8 Å². The van der Waals surface area contributed by atoms with Crippen LogP contribution in [0.15, 0.2) is 12.1 Å². The molecule has 0 bridgehead atoms. The summed E-state index contributed by atoms with van der Waals surface area (Å²) in [6, 6.07) is 3.64. The van der Waals surface area contributed by atoms with Gasteiger partial charge in [-0.15, -0.1) is 0 Å². The maximum atomic E-state index is 12.1. The number of carbonyl (C=O) groups excluding carboxylic acids is 1. The molecular formula is C15H20ClNO3. The molecule has 0 unspecified atom stereocenters. The van der Waals surface area contributed by atoms with Crippen molar-refractivity contribution in [3.8, 4) is 11.5 Å². The van der Waals surface area contributed by atoms with Crippen molar-refractivity contribution >= 4 is 17.5 Å². The van der Waals surface area contributed by atoms with Gasteiger partial charge in [-0.2, -0.15) is 0 Å². The fourth-order valence-corrected chi connectivity index (χ4v) is 2.07. The van der Waals surface area contributed by atoms with Gasteiger partial charge >= 0.3 is 0 Å². The Morgan fingerprint density at radius 3 is 2.70 bits per heavy atom. The van der Waals surface area contributed by atoms with E-state index in [0.717, 1.165) is 19.3 Å². The van der Waals surface area contributed by atoms with Crippen molar-refractivity contribution in [2.75, 3.05) is 13.2 Å². The van der Waals surface area contributed by atoms with Gasteiger partial charge in [0, 0.05) is 11.6 Å². The predicted molar refractivity (Wildman–Crippen MR) is 78.9 cm³/mol. The molecule has 0 aromatic heterocycles. The Labute approximate surface area is 124 Å². The van der Waals surface area contributed by atoms with Gasteiger partial charge in [0.2, 0.25) is 0 Å². The zero-order valence-electron chi connectivity index (χ0n) is 11.9. The predicted octanol–water partition coefficient (Wildman–Crippen LogP) is 3.42. The minimum Gasteiger partial charge on any atom is -0.490 e. The minimum atomic E-state index is -0.114. The molecule has 4 nitrogen and oxygen atoms in total. The van der Waals surface area contributed by atoms with Gasteiger partial charge in [0.25, 0.3) is 5.91 Å². The molecule has 1 saturated carbocycles. The maximum absolute atomic E-state index is 12.1. The summed E-state index contributed by atoms with van der Waals surface area (Å²) in [6.07, 6.45) is 2.98. The van der Waals surface area contributed by atoms with E-state index in [1.54, 1.807) is 12.1 Å². The number of carbonyl (C=O) groups is 1. The number of nitrogens with one attached hydrogen (secondary N) is 1. The SMILES string of the molecule is CCCOc1c(Cl)cc(C(=O)NC2CC2)cc1OCC. The van der Waals surface area contributed by atoms with E-state index in [9.17, 15) is 4.79 Å². The standard InChI is InChI=1S/C15H20ClNO3/c1-3-7-20-14-12(16)8-10(9-13(14)19-4-2)15(18)17-11-5-6-11/h8-9,11H,3-7H2,1-2H3,(H,17,18). The van der Waals surface area contributed by atoms with Gasteiger partial charge < -0.3 is 14.8 Å². The lowest BCUT2D eigenvalue weighted by Gasteiger charge is -2.14. The lowest BCUT2D eigenvalue weighted by molar-refractivity contribution is 0.0950. The van der Waals surface area contributed by atoms with Crippen LogP contribution in [-0.4, -0.2) is 25.2 Å². The summed E-state index contributed by atoms with van der Waals surface area (Å²) >= 11 is 6.22. The Hall–Kier alpha value is -1.42. The summed E-state index contributed by atoms with van der Waals surface area (Å²) in [5.74, 6) is 0.921. The molecule has 20 heavy (non-hydrogen) atoms. The van der Waals surface area contributed by atoms with Crippen LogP contribution in [-0.2, 0) is 0 Å². The fourth-order valence-electron chi connectivity index (χ4n) is 1.80. The molecule has 5 heteroatoms. The largest absolute Gasteiger partial charge is 0.490 e. The summed E-state index contributed by atoms with van der Waals surface area (Å²) in [7, 11) is 0. The van der Waals surface area contributed by atoms with Crippen LogP contribution in [0.3, 0.4) is 0 Å². The van der Waals surface area contributed by atoms with Crippen molar-refractivity contribution in [1.82, 2.24) is 5.32 Å². The second-order valence-corrected chi connectivity index (χ2v) is 5.22. The van der Waals surface area contributed by atoms with Gasteiger partial charge in [0.1, 0.15) is 0 Å². The molecule has 0 atom stereocenters. The van der Waals surface area contributed by atoms with Crippen LogP contribution in [0.5, 0.6) is 11.5 Å². The van der Waals surface area contributed by atoms with E-state index in [2.05, 4.69) is 5.32 Å². The van der Waals surface area contributed by atoms with E-state index < -0.39 is 0 Å². The smallest absolute Gasteiger partial charge is 0.251 e. The molecule has 2 rings (SSSR count). The molecular weight excluding hydrogens is 278 g/mol. The first-order valence-corrected chi connectivity index (χ1v) is 7.43. The van der Waals surface area contributed by atoms with Gasteiger partial charge in [-0.25, -0.2) is 0 Å². The molecule has 1 aliphatic rings. The van der Waals surface area contributed by atoms with Crippen molar-refractivity contribution in [1.29, 1.82) is 0 Å². The average molecular weight is 298 g/mol. The Morgan fingerprint density at radius 1 is 1.35 bits per heavy atom. The number of hydrogen-bond donors (Lipinski definition) is 1. The first-order valence-electron chi connectivity index (χ1n) is 7.05. The zero-order chi connectivity index (χ0) is 14.5. The molecule has 1 N–H and O–H groups in total. The quantitative estimate of drug-likeness (QED) is 0.839. The Kier molecular flexibility index (Phi) is 5.12. The third-order valence-corrected chi connectivity index (χ3v) is 3.22. The number of ether oxygens (including phenoxy) is 2. The molecule has 0 spiro atoms. The van der Waals surface area contributed by atoms with E-state index >= 15 is 0 Å². The summed E-state index contributed by atoms with van der Waals surface area (Å²) in [5.41, 5.74) is 0.509. The van der Waals surface area contributed by atoms with Gasteiger partial charge in [0.05, 0.1) is 18.2 Å². The van der Waals surface area contributed by atoms with Crippen LogP contribution >= 0.6 is 11.6 Å². The molecule has 1 aliphatic carbocycles. The van der Waals surface area contributed by atoms with E-state index in [1.165, 1.54) is 0 Å². The summed E-state index contributed by atoms with van der Waals surface area (Å²) in [4.78, 5) is 12.1. The van der Waals surface area contributed by atoms with Gasteiger partial charge in [0.15, 0.2) is 11.5 Å². The number of halogens is 1. The number of rotatable bonds is 7. The second-order valence-electron chi connectivity index (χ2n) is 4.81. The molecule has 0 radical (unpaired) electrons. The zero-order valence-corrected chi connectivity index (χ0v) is 12.6. The number of hydrogen-bond acceptors (Lipinski definition) is 3. The van der Waals surface area contributed by atoms with Crippen molar-refractivity contribution in [2.45, 2.75) is 39.2 Å². The molecule has 1 amide bonds. The molecule has 1 aromatic carbocycles. The molecule has 1 aromatic rings. The highest BCUT2D eigenvalue weighted by atomic mass is 35.5.